The fourth-order valence-electron chi connectivity index (χ4n) is 0.576. The molecule has 0 aromatic heterocycles. The lowest BCUT2D eigenvalue weighted by atomic mass is 10.0. The van der Waals surface area contributed by atoms with E-state index in [9.17, 15) is 4.79 Å². The standard InChI is InChI=1S/C6H12O6/c1-3(8)6(11,12)5(10)4(9)2-7/h4-5,7,9-12H,2H2,1H3/t4-,5-/m1/s1. The number of hydrogen-bond acceptors (Lipinski definition) is 6. The van der Waals surface area contributed by atoms with Gasteiger partial charge in [0.1, 0.15) is 12.2 Å². The minimum atomic E-state index is -3.01. The third-order valence-corrected chi connectivity index (χ3v) is 1.48. The van der Waals surface area contributed by atoms with E-state index in [4.69, 9.17) is 25.5 Å². The second-order valence-corrected chi connectivity index (χ2v) is 2.48. The lowest BCUT2D eigenvalue weighted by Crippen LogP contribution is -2.54. The van der Waals surface area contributed by atoms with Crippen LogP contribution in [0, 0.1) is 0 Å². The van der Waals surface area contributed by atoms with E-state index in [1.54, 1.807) is 0 Å². The molecule has 72 valence electrons. The summed E-state index contributed by atoms with van der Waals surface area (Å²) in [5.74, 6) is -4.12. The van der Waals surface area contributed by atoms with Gasteiger partial charge in [-0.05, 0) is 0 Å². The van der Waals surface area contributed by atoms with Gasteiger partial charge >= 0.3 is 0 Å². The molecule has 0 fully saturated rings. The van der Waals surface area contributed by atoms with Gasteiger partial charge in [0.2, 0.25) is 0 Å². The lowest BCUT2D eigenvalue weighted by molar-refractivity contribution is -0.237. The molecule has 0 rings (SSSR count). The van der Waals surface area contributed by atoms with Gasteiger partial charge in [-0.2, -0.15) is 0 Å². The topological polar surface area (TPSA) is 118 Å². The predicted molar refractivity (Wildman–Crippen MR) is 36.9 cm³/mol. The molecule has 0 aliphatic heterocycles. The van der Waals surface area contributed by atoms with E-state index in [0.717, 1.165) is 6.92 Å². The van der Waals surface area contributed by atoms with Crippen LogP contribution in [0.2, 0.25) is 0 Å². The molecule has 0 aliphatic rings. The molecule has 0 saturated heterocycles. The average Bonchev–Trinajstić information content (AvgIpc) is 2.01. The van der Waals surface area contributed by atoms with Crippen molar-refractivity contribution in [2.45, 2.75) is 24.9 Å². The smallest absolute Gasteiger partial charge is 0.253 e. The summed E-state index contributed by atoms with van der Waals surface area (Å²) >= 11 is 0. The summed E-state index contributed by atoms with van der Waals surface area (Å²) in [7, 11) is 0. The Hall–Kier alpha value is -0.530. The maximum Gasteiger partial charge on any atom is 0.253 e. The quantitative estimate of drug-likeness (QED) is 0.294. The second kappa shape index (κ2) is 3.92. The van der Waals surface area contributed by atoms with Gasteiger partial charge in [-0.1, -0.05) is 0 Å². The highest BCUT2D eigenvalue weighted by atomic mass is 16.5. The molecule has 12 heavy (non-hydrogen) atoms. The molecule has 2 atom stereocenters. The zero-order valence-electron chi connectivity index (χ0n) is 6.51. The molecule has 0 saturated carbocycles. The van der Waals surface area contributed by atoms with E-state index in [1.165, 1.54) is 0 Å². The third kappa shape index (κ3) is 2.23. The van der Waals surface area contributed by atoms with Crippen LogP contribution in [0.1, 0.15) is 6.92 Å². The summed E-state index contributed by atoms with van der Waals surface area (Å²) in [4.78, 5) is 10.5. The normalized spacial score (nSPS) is 17.2. The SMILES string of the molecule is CC(=O)C(O)(O)[C@H](O)[C@H](O)CO. The van der Waals surface area contributed by atoms with Crippen LogP contribution in [0.4, 0.5) is 0 Å². The molecule has 0 bridgehead atoms. The first-order chi connectivity index (χ1) is 5.34. The van der Waals surface area contributed by atoms with E-state index in [0.29, 0.717) is 0 Å². The maximum atomic E-state index is 10.5. The number of hydrogen-bond donors (Lipinski definition) is 5. The first kappa shape index (κ1) is 11.5. The monoisotopic (exact) mass is 180 g/mol. The number of rotatable bonds is 4. The first-order valence-electron chi connectivity index (χ1n) is 3.26. The summed E-state index contributed by atoms with van der Waals surface area (Å²) in [6.07, 6.45) is -3.87. The number of ketones is 1. The number of aliphatic hydroxyl groups excluding tert-OH is 3. The second-order valence-electron chi connectivity index (χ2n) is 2.48. The minimum Gasteiger partial charge on any atom is -0.394 e. The van der Waals surface area contributed by atoms with Crippen LogP contribution in [0.3, 0.4) is 0 Å². The van der Waals surface area contributed by atoms with Gasteiger partial charge in [-0.15, -0.1) is 0 Å². The Morgan fingerprint density at radius 2 is 1.83 bits per heavy atom. The molecular weight excluding hydrogens is 168 g/mol. The predicted octanol–water partition coefficient (Wildman–Crippen LogP) is -3.03. The van der Waals surface area contributed by atoms with Gasteiger partial charge in [-0.25, -0.2) is 0 Å². The van der Waals surface area contributed by atoms with E-state index in [-0.39, 0.29) is 0 Å². The van der Waals surface area contributed by atoms with Crippen molar-refractivity contribution in [3.63, 3.8) is 0 Å². The lowest BCUT2D eigenvalue weighted by Gasteiger charge is -2.27. The maximum absolute atomic E-state index is 10.5. The zero-order valence-corrected chi connectivity index (χ0v) is 6.51. The van der Waals surface area contributed by atoms with Crippen molar-refractivity contribution in [1.82, 2.24) is 0 Å². The number of carbonyl (C=O) groups excluding carboxylic acids is 1. The molecule has 6 nitrogen and oxygen atoms in total. The van der Waals surface area contributed by atoms with Crippen molar-refractivity contribution in [3.05, 3.63) is 0 Å². The Labute approximate surface area is 68.7 Å². The first-order valence-corrected chi connectivity index (χ1v) is 3.26. The molecule has 0 amide bonds. The summed E-state index contributed by atoms with van der Waals surface area (Å²) in [6.45, 7) is -0.0232. The molecule has 0 unspecified atom stereocenters. The summed E-state index contributed by atoms with van der Waals surface area (Å²) in [5, 5.41) is 43.6. The average molecular weight is 180 g/mol. The van der Waals surface area contributed by atoms with Crippen molar-refractivity contribution in [2.75, 3.05) is 6.61 Å². The Balaban J connectivity index is 4.44. The zero-order chi connectivity index (χ0) is 9.94. The van der Waals surface area contributed by atoms with Crippen LogP contribution in [-0.4, -0.2) is 55.9 Å². The molecule has 0 heterocycles. The Kier molecular flexibility index (Phi) is 3.75. The van der Waals surface area contributed by atoms with Crippen molar-refractivity contribution in [3.8, 4) is 0 Å². The molecule has 0 aromatic carbocycles. The summed E-state index contributed by atoms with van der Waals surface area (Å²) < 4.78 is 0. The Bertz CT molecular complexity index is 165. The van der Waals surface area contributed by atoms with Crippen LogP contribution in [0.5, 0.6) is 0 Å². The Morgan fingerprint density at radius 1 is 1.42 bits per heavy atom. The summed E-state index contributed by atoms with van der Waals surface area (Å²) in [6, 6.07) is 0. The van der Waals surface area contributed by atoms with Gasteiger partial charge in [0.15, 0.2) is 5.78 Å². The fraction of sp³-hybridized carbons (Fsp3) is 0.833. The van der Waals surface area contributed by atoms with Crippen molar-refractivity contribution in [2.24, 2.45) is 0 Å². The van der Waals surface area contributed by atoms with Gasteiger partial charge in [0.25, 0.3) is 5.79 Å². The Morgan fingerprint density at radius 3 is 2.08 bits per heavy atom. The minimum absolute atomic E-state index is 0.841. The van der Waals surface area contributed by atoms with Crippen LogP contribution < -0.4 is 0 Å². The molecular formula is C6H12O6. The molecule has 0 aliphatic carbocycles. The van der Waals surface area contributed by atoms with Crippen molar-refractivity contribution in [1.29, 1.82) is 0 Å². The van der Waals surface area contributed by atoms with E-state index in [1.807, 2.05) is 0 Å². The molecule has 0 radical (unpaired) electrons. The molecule has 5 N–H and O–H groups in total. The van der Waals surface area contributed by atoms with E-state index >= 15 is 0 Å². The highest BCUT2D eigenvalue weighted by molar-refractivity contribution is 5.83. The van der Waals surface area contributed by atoms with Gasteiger partial charge in [0.05, 0.1) is 6.61 Å². The van der Waals surface area contributed by atoms with E-state index in [2.05, 4.69) is 0 Å². The molecule has 0 spiro atoms. The van der Waals surface area contributed by atoms with Gasteiger partial charge in [0, 0.05) is 6.92 Å². The highest BCUT2D eigenvalue weighted by Crippen LogP contribution is 2.11. The van der Waals surface area contributed by atoms with Crippen LogP contribution in [0.25, 0.3) is 0 Å². The van der Waals surface area contributed by atoms with Crippen molar-refractivity contribution >= 4 is 5.78 Å². The van der Waals surface area contributed by atoms with Crippen LogP contribution in [-0.2, 0) is 4.79 Å². The summed E-state index contributed by atoms with van der Waals surface area (Å²) in [5.41, 5.74) is 0. The number of carbonyl (C=O) groups is 1. The van der Waals surface area contributed by atoms with Gasteiger partial charge in [-0.3, -0.25) is 4.79 Å². The number of aliphatic hydroxyl groups is 5. The largest absolute Gasteiger partial charge is 0.394 e. The van der Waals surface area contributed by atoms with Crippen LogP contribution >= 0.6 is 0 Å². The fourth-order valence-corrected chi connectivity index (χ4v) is 0.576. The molecule has 6 heteroatoms. The highest BCUT2D eigenvalue weighted by Gasteiger charge is 2.42. The van der Waals surface area contributed by atoms with Crippen LogP contribution in [0.15, 0.2) is 0 Å². The van der Waals surface area contributed by atoms with E-state index < -0.39 is 30.4 Å². The number of Topliss-reactive ketones (excluding diaryl/α,β-unsaturated/α-hetero) is 1. The van der Waals surface area contributed by atoms with Gasteiger partial charge < -0.3 is 25.5 Å². The molecule has 0 aromatic rings. The van der Waals surface area contributed by atoms with Crippen molar-refractivity contribution < 1.29 is 30.3 Å². The third-order valence-electron chi connectivity index (χ3n) is 1.48.